The van der Waals surface area contributed by atoms with E-state index >= 15 is 0 Å². The molecular formula is C12H15F2NO. The highest BCUT2D eigenvalue weighted by molar-refractivity contribution is 5.18. The summed E-state index contributed by atoms with van der Waals surface area (Å²) in [5, 5.41) is 3.20. The number of hydrogen-bond donors (Lipinski definition) is 1. The van der Waals surface area contributed by atoms with Gasteiger partial charge in [0.2, 0.25) is 0 Å². The predicted octanol–water partition coefficient (Wildman–Crippen LogP) is 1.89. The molecule has 0 aliphatic carbocycles. The summed E-state index contributed by atoms with van der Waals surface area (Å²) >= 11 is 0. The summed E-state index contributed by atoms with van der Waals surface area (Å²) in [6.45, 7) is 2.35. The van der Waals surface area contributed by atoms with Gasteiger partial charge in [-0.2, -0.15) is 0 Å². The van der Waals surface area contributed by atoms with Crippen molar-refractivity contribution in [2.45, 2.75) is 18.9 Å². The third-order valence-corrected chi connectivity index (χ3v) is 2.75. The average Bonchev–Trinajstić information content (AvgIpc) is 2.32. The fraction of sp³-hybridized carbons (Fsp3) is 0.500. The van der Waals surface area contributed by atoms with Crippen molar-refractivity contribution in [2.75, 3.05) is 19.7 Å². The van der Waals surface area contributed by atoms with Gasteiger partial charge in [0.15, 0.2) is 0 Å². The van der Waals surface area contributed by atoms with Crippen LogP contribution in [0, 0.1) is 11.6 Å². The number of aryl methyl sites for hydroxylation is 1. The molecule has 1 atom stereocenters. The first-order chi connectivity index (χ1) is 7.75. The first-order valence-corrected chi connectivity index (χ1v) is 5.52. The lowest BCUT2D eigenvalue weighted by Gasteiger charge is -2.23. The summed E-state index contributed by atoms with van der Waals surface area (Å²) in [6.07, 6.45) is 1.33. The lowest BCUT2D eigenvalue weighted by Crippen LogP contribution is -2.38. The maximum Gasteiger partial charge on any atom is 0.126 e. The SMILES string of the molecule is Fc1ccc(F)c(CCC2CNCCO2)c1. The van der Waals surface area contributed by atoms with Crippen molar-refractivity contribution in [3.05, 3.63) is 35.4 Å². The van der Waals surface area contributed by atoms with Gasteiger partial charge >= 0.3 is 0 Å². The summed E-state index contributed by atoms with van der Waals surface area (Å²) < 4.78 is 31.7. The van der Waals surface area contributed by atoms with Crippen molar-refractivity contribution in [2.24, 2.45) is 0 Å². The zero-order valence-electron chi connectivity index (χ0n) is 9.01. The minimum atomic E-state index is -0.390. The van der Waals surface area contributed by atoms with E-state index in [1.54, 1.807) is 0 Å². The van der Waals surface area contributed by atoms with Crippen LogP contribution in [0.1, 0.15) is 12.0 Å². The standard InChI is InChI=1S/C12H15F2NO/c13-10-2-4-12(14)9(7-10)1-3-11-8-15-5-6-16-11/h2,4,7,11,15H,1,3,5-6,8H2. The van der Waals surface area contributed by atoms with E-state index in [0.29, 0.717) is 25.0 Å². The third kappa shape index (κ3) is 3.00. The van der Waals surface area contributed by atoms with E-state index in [1.165, 1.54) is 12.1 Å². The van der Waals surface area contributed by atoms with Crippen molar-refractivity contribution < 1.29 is 13.5 Å². The molecule has 2 rings (SSSR count). The minimum Gasteiger partial charge on any atom is -0.376 e. The Kier molecular flexibility index (Phi) is 3.85. The van der Waals surface area contributed by atoms with Gasteiger partial charge in [-0.05, 0) is 36.6 Å². The maximum absolute atomic E-state index is 13.3. The number of ether oxygens (including phenoxy) is 1. The number of benzene rings is 1. The van der Waals surface area contributed by atoms with Gasteiger partial charge in [0.25, 0.3) is 0 Å². The normalized spacial score (nSPS) is 21.0. The molecule has 88 valence electrons. The number of halogens is 2. The van der Waals surface area contributed by atoms with E-state index in [9.17, 15) is 8.78 Å². The van der Waals surface area contributed by atoms with Crippen molar-refractivity contribution in [3.63, 3.8) is 0 Å². The fourth-order valence-electron chi connectivity index (χ4n) is 1.86. The Morgan fingerprint density at radius 1 is 1.38 bits per heavy atom. The minimum absolute atomic E-state index is 0.108. The maximum atomic E-state index is 13.3. The van der Waals surface area contributed by atoms with Crippen LogP contribution in [0.4, 0.5) is 8.78 Å². The Bertz CT molecular complexity index is 351. The largest absolute Gasteiger partial charge is 0.376 e. The number of nitrogens with one attached hydrogen (secondary N) is 1. The molecule has 1 N–H and O–H groups in total. The van der Waals surface area contributed by atoms with Crippen LogP contribution in [0.3, 0.4) is 0 Å². The molecule has 1 fully saturated rings. The molecule has 1 heterocycles. The summed E-state index contributed by atoms with van der Waals surface area (Å²) in [4.78, 5) is 0. The Morgan fingerprint density at radius 2 is 2.25 bits per heavy atom. The van der Waals surface area contributed by atoms with E-state index in [-0.39, 0.29) is 17.7 Å². The van der Waals surface area contributed by atoms with Crippen LogP contribution < -0.4 is 5.32 Å². The van der Waals surface area contributed by atoms with Crippen LogP contribution in [0.5, 0.6) is 0 Å². The molecule has 0 saturated carbocycles. The summed E-state index contributed by atoms with van der Waals surface area (Å²) in [5.41, 5.74) is 0.425. The molecule has 1 aliphatic heterocycles. The van der Waals surface area contributed by atoms with Gasteiger partial charge in [-0.1, -0.05) is 0 Å². The molecule has 1 aliphatic rings. The first-order valence-electron chi connectivity index (χ1n) is 5.52. The molecule has 2 nitrogen and oxygen atoms in total. The summed E-state index contributed by atoms with van der Waals surface area (Å²) in [7, 11) is 0. The average molecular weight is 227 g/mol. The highest BCUT2D eigenvalue weighted by Gasteiger charge is 2.14. The monoisotopic (exact) mass is 227 g/mol. The lowest BCUT2D eigenvalue weighted by molar-refractivity contribution is 0.0237. The van der Waals surface area contributed by atoms with Crippen molar-refractivity contribution >= 4 is 0 Å². The van der Waals surface area contributed by atoms with Gasteiger partial charge in [0.05, 0.1) is 12.7 Å². The first kappa shape index (κ1) is 11.5. The van der Waals surface area contributed by atoms with E-state index in [1.807, 2.05) is 0 Å². The lowest BCUT2D eigenvalue weighted by atomic mass is 10.1. The molecule has 1 unspecified atom stereocenters. The zero-order chi connectivity index (χ0) is 11.4. The van der Waals surface area contributed by atoms with Crippen LogP contribution in [-0.2, 0) is 11.2 Å². The van der Waals surface area contributed by atoms with E-state index in [0.717, 1.165) is 19.2 Å². The smallest absolute Gasteiger partial charge is 0.126 e. The van der Waals surface area contributed by atoms with Gasteiger partial charge in [-0.25, -0.2) is 8.78 Å². The van der Waals surface area contributed by atoms with E-state index in [2.05, 4.69) is 5.32 Å². The molecule has 1 aromatic carbocycles. The van der Waals surface area contributed by atoms with Crippen LogP contribution >= 0.6 is 0 Å². The second kappa shape index (κ2) is 5.37. The number of rotatable bonds is 3. The van der Waals surface area contributed by atoms with Gasteiger partial charge < -0.3 is 10.1 Å². The molecular weight excluding hydrogens is 212 g/mol. The molecule has 1 aromatic rings. The number of hydrogen-bond acceptors (Lipinski definition) is 2. The molecule has 0 radical (unpaired) electrons. The Balaban J connectivity index is 1.90. The predicted molar refractivity (Wildman–Crippen MR) is 57.3 cm³/mol. The van der Waals surface area contributed by atoms with Gasteiger partial charge in [0.1, 0.15) is 11.6 Å². The van der Waals surface area contributed by atoms with E-state index in [4.69, 9.17) is 4.74 Å². The molecule has 0 spiro atoms. The van der Waals surface area contributed by atoms with Crippen LogP contribution in [0.15, 0.2) is 18.2 Å². The van der Waals surface area contributed by atoms with Gasteiger partial charge in [0, 0.05) is 13.1 Å². The van der Waals surface area contributed by atoms with Crippen molar-refractivity contribution in [1.82, 2.24) is 5.32 Å². The Hall–Kier alpha value is -1.00. The van der Waals surface area contributed by atoms with Crippen LogP contribution in [0.25, 0.3) is 0 Å². The molecule has 16 heavy (non-hydrogen) atoms. The van der Waals surface area contributed by atoms with Crippen LogP contribution in [0.2, 0.25) is 0 Å². The van der Waals surface area contributed by atoms with E-state index < -0.39 is 0 Å². The van der Waals surface area contributed by atoms with Crippen molar-refractivity contribution in [1.29, 1.82) is 0 Å². The highest BCUT2D eigenvalue weighted by atomic mass is 19.1. The second-order valence-electron chi connectivity index (χ2n) is 3.97. The van der Waals surface area contributed by atoms with Gasteiger partial charge in [-0.3, -0.25) is 0 Å². The molecule has 0 aromatic heterocycles. The molecule has 1 saturated heterocycles. The van der Waals surface area contributed by atoms with Gasteiger partial charge in [-0.15, -0.1) is 0 Å². The summed E-state index contributed by atoms with van der Waals surface area (Å²) in [6, 6.07) is 3.56. The molecule has 4 heteroatoms. The Labute approximate surface area is 93.6 Å². The Morgan fingerprint density at radius 3 is 3.00 bits per heavy atom. The van der Waals surface area contributed by atoms with Crippen molar-refractivity contribution in [3.8, 4) is 0 Å². The van der Waals surface area contributed by atoms with Crippen LogP contribution in [-0.4, -0.2) is 25.8 Å². The molecule has 0 bridgehead atoms. The topological polar surface area (TPSA) is 21.3 Å². The number of morpholine rings is 1. The summed E-state index contributed by atoms with van der Waals surface area (Å²) in [5.74, 6) is -0.732. The second-order valence-corrected chi connectivity index (χ2v) is 3.97. The quantitative estimate of drug-likeness (QED) is 0.851. The zero-order valence-corrected chi connectivity index (χ0v) is 9.01. The third-order valence-electron chi connectivity index (χ3n) is 2.75. The molecule has 0 amide bonds. The fourth-order valence-corrected chi connectivity index (χ4v) is 1.86. The highest BCUT2D eigenvalue weighted by Crippen LogP contribution is 2.14.